The Labute approximate surface area is 181 Å². The van der Waals surface area contributed by atoms with Crippen molar-refractivity contribution in [2.45, 2.75) is 45.4 Å². The Kier molecular flexibility index (Phi) is 9.07. The maximum Gasteiger partial charge on any atom is 0.407 e. The third kappa shape index (κ3) is 7.69. The Morgan fingerprint density at radius 1 is 1.44 bits per heavy atom. The molecule has 2 rings (SSSR count). The highest BCUT2D eigenvalue weighted by Crippen LogP contribution is 2.16. The fourth-order valence-corrected chi connectivity index (χ4v) is 2.91. The molecule has 2 N–H and O–H groups in total. The van der Waals surface area contributed by atoms with Crippen molar-refractivity contribution in [3.8, 4) is 0 Å². The zero-order valence-corrected chi connectivity index (χ0v) is 19.1. The predicted molar refractivity (Wildman–Crippen MR) is 116 cm³/mol. The third-order valence-corrected chi connectivity index (χ3v) is 4.14. The highest BCUT2D eigenvalue weighted by Gasteiger charge is 2.27. The Morgan fingerprint density at radius 2 is 2.15 bits per heavy atom. The molecule has 1 saturated heterocycles. The van der Waals surface area contributed by atoms with Gasteiger partial charge in [-0.25, -0.2) is 9.18 Å². The van der Waals surface area contributed by atoms with E-state index in [0.717, 1.165) is 24.5 Å². The van der Waals surface area contributed by atoms with Crippen LogP contribution in [0.3, 0.4) is 0 Å². The van der Waals surface area contributed by atoms with Gasteiger partial charge in [-0.1, -0.05) is 17.7 Å². The van der Waals surface area contributed by atoms with Gasteiger partial charge in [-0.3, -0.25) is 4.99 Å². The number of hydrogen-bond acceptors (Lipinski definition) is 3. The normalized spacial score (nSPS) is 17.3. The van der Waals surface area contributed by atoms with Crippen LogP contribution in [0.1, 0.15) is 32.8 Å². The van der Waals surface area contributed by atoms with Crippen LogP contribution in [-0.2, 0) is 11.3 Å². The maximum absolute atomic E-state index is 13.2. The Balaban J connectivity index is 0.00000364. The molecule has 1 unspecified atom stereocenters. The molecule has 0 spiro atoms. The van der Waals surface area contributed by atoms with Crippen LogP contribution in [0, 0.1) is 5.82 Å². The first-order valence-corrected chi connectivity index (χ1v) is 8.95. The lowest BCUT2D eigenvalue weighted by molar-refractivity contribution is 0.0507. The van der Waals surface area contributed by atoms with Gasteiger partial charge in [-0.2, -0.15) is 0 Å². The highest BCUT2D eigenvalue weighted by atomic mass is 127. The number of benzene rings is 1. The van der Waals surface area contributed by atoms with Gasteiger partial charge >= 0.3 is 6.09 Å². The van der Waals surface area contributed by atoms with E-state index < -0.39 is 17.5 Å². The molecule has 1 atom stereocenters. The quantitative estimate of drug-likeness (QED) is 0.368. The number of rotatable bonds is 3. The van der Waals surface area contributed by atoms with Crippen LogP contribution in [0.5, 0.6) is 0 Å². The van der Waals surface area contributed by atoms with Gasteiger partial charge in [0.1, 0.15) is 11.4 Å². The number of nitrogens with zero attached hydrogens (tertiary/aromatic N) is 2. The van der Waals surface area contributed by atoms with Crippen molar-refractivity contribution in [1.82, 2.24) is 15.5 Å². The molecule has 0 aromatic heterocycles. The van der Waals surface area contributed by atoms with E-state index in [1.54, 1.807) is 19.2 Å². The molecule has 1 heterocycles. The first kappa shape index (κ1) is 23.7. The van der Waals surface area contributed by atoms with E-state index in [2.05, 4.69) is 20.5 Å². The minimum atomic E-state index is -0.517. The maximum atomic E-state index is 13.2. The summed E-state index contributed by atoms with van der Waals surface area (Å²) < 4.78 is 18.5. The smallest absolute Gasteiger partial charge is 0.407 e. The van der Waals surface area contributed by atoms with Crippen LogP contribution >= 0.6 is 35.6 Å². The van der Waals surface area contributed by atoms with Gasteiger partial charge in [-0.15, -0.1) is 24.0 Å². The van der Waals surface area contributed by atoms with E-state index in [0.29, 0.717) is 13.1 Å². The number of amides is 1. The summed E-state index contributed by atoms with van der Waals surface area (Å²) in [6, 6.07) is 4.62. The molecule has 1 fully saturated rings. The van der Waals surface area contributed by atoms with E-state index in [-0.39, 0.29) is 35.0 Å². The van der Waals surface area contributed by atoms with Gasteiger partial charge in [-0.05, 0) is 44.9 Å². The van der Waals surface area contributed by atoms with Gasteiger partial charge in [0, 0.05) is 26.7 Å². The zero-order valence-electron chi connectivity index (χ0n) is 16.0. The minimum Gasteiger partial charge on any atom is -0.444 e. The van der Waals surface area contributed by atoms with Gasteiger partial charge in [0.2, 0.25) is 0 Å². The zero-order chi connectivity index (χ0) is 19.3. The van der Waals surface area contributed by atoms with E-state index in [1.165, 1.54) is 6.07 Å². The highest BCUT2D eigenvalue weighted by molar-refractivity contribution is 14.0. The topological polar surface area (TPSA) is 66.0 Å². The molecule has 9 heteroatoms. The summed E-state index contributed by atoms with van der Waals surface area (Å²) in [5, 5.41) is 6.22. The lowest BCUT2D eigenvalue weighted by Gasteiger charge is -2.23. The molecule has 6 nitrogen and oxygen atoms in total. The van der Waals surface area contributed by atoms with Crippen LogP contribution in [0.15, 0.2) is 23.2 Å². The summed E-state index contributed by atoms with van der Waals surface area (Å²) in [7, 11) is 1.70. The van der Waals surface area contributed by atoms with Crippen molar-refractivity contribution < 1.29 is 13.9 Å². The van der Waals surface area contributed by atoms with Crippen molar-refractivity contribution >= 4 is 47.6 Å². The van der Waals surface area contributed by atoms with E-state index in [4.69, 9.17) is 16.3 Å². The molecule has 0 aliphatic carbocycles. The monoisotopic (exact) mass is 512 g/mol. The molecule has 1 aromatic rings. The third-order valence-electron chi connectivity index (χ3n) is 3.86. The molecule has 152 valence electrons. The Hall–Kier alpha value is -1.29. The number of guanidine groups is 1. The lowest BCUT2D eigenvalue weighted by atomic mass is 10.2. The molecular weight excluding hydrogens is 486 g/mol. The summed E-state index contributed by atoms with van der Waals surface area (Å²) in [5.74, 6) is 0.286. The van der Waals surface area contributed by atoms with Crippen LogP contribution in [0.4, 0.5) is 9.18 Å². The molecule has 1 aliphatic rings. The second-order valence-corrected chi connectivity index (χ2v) is 7.63. The first-order chi connectivity index (χ1) is 12.2. The SMILES string of the molecule is CN=C(NCc1ccc(F)c(Cl)c1)N1CCC(NC(=O)OC(C)(C)C)C1.I. The number of aliphatic imine (C=N–C) groups is 1. The van der Waals surface area contributed by atoms with Crippen molar-refractivity contribution in [2.75, 3.05) is 20.1 Å². The number of carbonyl (C=O) groups excluding carboxylic acids is 1. The van der Waals surface area contributed by atoms with Crippen LogP contribution < -0.4 is 10.6 Å². The van der Waals surface area contributed by atoms with Crippen molar-refractivity contribution in [2.24, 2.45) is 4.99 Å². The van der Waals surface area contributed by atoms with Gasteiger partial charge in [0.05, 0.1) is 11.1 Å². The molecule has 27 heavy (non-hydrogen) atoms. The molecule has 1 aromatic carbocycles. The van der Waals surface area contributed by atoms with Gasteiger partial charge in [0.15, 0.2) is 5.96 Å². The Bertz CT molecular complexity index is 682. The first-order valence-electron chi connectivity index (χ1n) is 8.57. The standard InChI is InChI=1S/C18H26ClFN4O2.HI/c1-18(2,3)26-17(25)23-13-7-8-24(11-13)16(21-4)22-10-12-5-6-15(20)14(19)9-12;/h5-6,9,13H,7-8,10-11H2,1-4H3,(H,21,22)(H,23,25);1H. The summed E-state index contributed by atoms with van der Waals surface area (Å²) >= 11 is 5.81. The molecule has 0 saturated carbocycles. The lowest BCUT2D eigenvalue weighted by Crippen LogP contribution is -2.44. The molecule has 1 aliphatic heterocycles. The molecule has 0 bridgehead atoms. The Morgan fingerprint density at radius 3 is 2.74 bits per heavy atom. The summed E-state index contributed by atoms with van der Waals surface area (Å²) in [6.07, 6.45) is 0.399. The van der Waals surface area contributed by atoms with Crippen LogP contribution in [0.2, 0.25) is 5.02 Å². The average Bonchev–Trinajstić information content (AvgIpc) is 2.97. The average molecular weight is 513 g/mol. The fraction of sp³-hybridized carbons (Fsp3) is 0.556. The number of ether oxygens (including phenoxy) is 1. The second kappa shape index (κ2) is 10.3. The number of carbonyl (C=O) groups is 1. The van der Waals surface area contributed by atoms with E-state index >= 15 is 0 Å². The van der Waals surface area contributed by atoms with E-state index in [9.17, 15) is 9.18 Å². The molecule has 0 radical (unpaired) electrons. The number of alkyl carbamates (subject to hydrolysis) is 1. The number of halogens is 3. The van der Waals surface area contributed by atoms with Crippen molar-refractivity contribution in [1.29, 1.82) is 0 Å². The van der Waals surface area contributed by atoms with Crippen LogP contribution in [-0.4, -0.2) is 48.7 Å². The number of likely N-dealkylation sites (tertiary alicyclic amines) is 1. The number of nitrogens with one attached hydrogen (secondary N) is 2. The predicted octanol–water partition coefficient (Wildman–Crippen LogP) is 3.77. The summed E-state index contributed by atoms with van der Waals surface area (Å²) in [6.45, 7) is 7.39. The fourth-order valence-electron chi connectivity index (χ4n) is 2.71. The van der Waals surface area contributed by atoms with E-state index in [1.807, 2.05) is 20.8 Å². The van der Waals surface area contributed by atoms with Crippen LogP contribution in [0.25, 0.3) is 0 Å². The van der Waals surface area contributed by atoms with Gasteiger partial charge in [0.25, 0.3) is 0 Å². The minimum absolute atomic E-state index is 0. The van der Waals surface area contributed by atoms with Crippen molar-refractivity contribution in [3.63, 3.8) is 0 Å². The van der Waals surface area contributed by atoms with Crippen molar-refractivity contribution in [3.05, 3.63) is 34.6 Å². The summed E-state index contributed by atoms with van der Waals surface area (Å²) in [4.78, 5) is 18.2. The van der Waals surface area contributed by atoms with Gasteiger partial charge < -0.3 is 20.3 Å². The number of hydrogen-bond donors (Lipinski definition) is 2. The largest absolute Gasteiger partial charge is 0.444 e. The second-order valence-electron chi connectivity index (χ2n) is 7.23. The molecular formula is C18H27ClFIN4O2. The summed E-state index contributed by atoms with van der Waals surface area (Å²) in [5.41, 5.74) is 0.344. The molecule has 1 amide bonds.